The lowest BCUT2D eigenvalue weighted by atomic mass is 10.0. The second kappa shape index (κ2) is 6.53. The third-order valence-corrected chi connectivity index (χ3v) is 4.80. The molecule has 0 amide bonds. The first kappa shape index (κ1) is 16.3. The van der Waals surface area contributed by atoms with Gasteiger partial charge in [-0.15, -0.1) is 11.3 Å². The van der Waals surface area contributed by atoms with Crippen molar-refractivity contribution in [3.63, 3.8) is 0 Å². The summed E-state index contributed by atoms with van der Waals surface area (Å²) in [6, 6.07) is 10.7. The molecule has 0 unspecified atom stereocenters. The molecule has 1 atom stereocenters. The Bertz CT molecular complexity index is 929. The van der Waals surface area contributed by atoms with E-state index in [4.69, 9.17) is 4.74 Å². The molecule has 0 aliphatic heterocycles. The number of ketones is 1. The van der Waals surface area contributed by atoms with Gasteiger partial charge in [0.05, 0.1) is 21.3 Å². The maximum atomic E-state index is 12.5. The summed E-state index contributed by atoms with van der Waals surface area (Å²) in [5.41, 5.74) is 5.70. The zero-order valence-corrected chi connectivity index (χ0v) is 14.5. The predicted molar refractivity (Wildman–Crippen MR) is 94.7 cm³/mol. The fourth-order valence-electron chi connectivity index (χ4n) is 2.39. The summed E-state index contributed by atoms with van der Waals surface area (Å²) < 4.78 is 6.26. The average Bonchev–Trinajstić information content (AvgIpc) is 3.04. The fourth-order valence-corrected chi connectivity index (χ4v) is 3.11. The van der Waals surface area contributed by atoms with Gasteiger partial charge in [0.1, 0.15) is 0 Å². The molecule has 0 N–H and O–H groups in total. The lowest BCUT2D eigenvalue weighted by molar-refractivity contribution is 0.0319. The van der Waals surface area contributed by atoms with Crippen molar-refractivity contribution in [1.82, 2.24) is 4.98 Å². The van der Waals surface area contributed by atoms with E-state index in [0.717, 1.165) is 21.3 Å². The van der Waals surface area contributed by atoms with Gasteiger partial charge < -0.3 is 4.74 Å². The molecule has 0 fully saturated rings. The van der Waals surface area contributed by atoms with E-state index in [2.05, 4.69) is 4.98 Å². The van der Waals surface area contributed by atoms with Crippen LogP contribution in [0.2, 0.25) is 0 Å². The van der Waals surface area contributed by atoms with Crippen molar-refractivity contribution >= 4 is 33.3 Å². The van der Waals surface area contributed by atoms with Crippen LogP contribution in [0.1, 0.15) is 38.8 Å². The molecule has 122 valence electrons. The normalized spacial score (nSPS) is 12.1. The van der Waals surface area contributed by atoms with E-state index < -0.39 is 12.1 Å². The summed E-state index contributed by atoms with van der Waals surface area (Å²) in [6.07, 6.45) is -0.836. The Morgan fingerprint density at radius 3 is 2.54 bits per heavy atom. The van der Waals surface area contributed by atoms with Gasteiger partial charge in [-0.3, -0.25) is 4.79 Å². The molecule has 1 heterocycles. The summed E-state index contributed by atoms with van der Waals surface area (Å²) >= 11 is 1.46. The predicted octanol–water partition coefficient (Wildman–Crippen LogP) is 4.34. The molecular weight excluding hydrogens is 322 g/mol. The van der Waals surface area contributed by atoms with Gasteiger partial charge in [-0.25, -0.2) is 9.78 Å². The van der Waals surface area contributed by atoms with Gasteiger partial charge >= 0.3 is 5.97 Å². The van der Waals surface area contributed by atoms with Gasteiger partial charge in [0, 0.05) is 5.56 Å². The number of hydrogen-bond donors (Lipinski definition) is 0. The third-order valence-electron chi connectivity index (χ3n) is 4.01. The highest BCUT2D eigenvalue weighted by atomic mass is 32.1. The molecule has 0 saturated carbocycles. The minimum Gasteiger partial charge on any atom is -0.451 e. The average molecular weight is 339 g/mol. The molecular formula is C19H17NO3S. The van der Waals surface area contributed by atoms with Gasteiger partial charge in [-0.1, -0.05) is 12.1 Å². The number of hydrogen-bond acceptors (Lipinski definition) is 5. The molecule has 3 rings (SSSR count). The smallest absolute Gasteiger partial charge is 0.338 e. The number of Topliss-reactive ketones (excluding diaryl/α,β-unsaturated/α-hetero) is 1. The molecule has 0 radical (unpaired) electrons. The largest absolute Gasteiger partial charge is 0.451 e. The Labute approximate surface area is 144 Å². The molecule has 4 nitrogen and oxygen atoms in total. The van der Waals surface area contributed by atoms with E-state index in [1.165, 1.54) is 11.3 Å². The van der Waals surface area contributed by atoms with Crippen molar-refractivity contribution in [2.45, 2.75) is 26.9 Å². The summed E-state index contributed by atoms with van der Waals surface area (Å²) in [6.45, 7) is 5.54. The molecule has 0 spiro atoms. The minimum atomic E-state index is -0.836. The molecule has 0 aliphatic carbocycles. The number of aromatic nitrogens is 1. The zero-order valence-electron chi connectivity index (χ0n) is 13.7. The van der Waals surface area contributed by atoms with E-state index in [1.807, 2.05) is 26.0 Å². The van der Waals surface area contributed by atoms with Gasteiger partial charge in [-0.2, -0.15) is 0 Å². The first-order valence-electron chi connectivity index (χ1n) is 7.61. The Balaban J connectivity index is 1.75. The molecule has 0 saturated heterocycles. The lowest BCUT2D eigenvalue weighted by Crippen LogP contribution is -2.24. The van der Waals surface area contributed by atoms with E-state index in [1.54, 1.807) is 36.7 Å². The molecule has 24 heavy (non-hydrogen) atoms. The van der Waals surface area contributed by atoms with Crippen LogP contribution >= 0.6 is 11.3 Å². The molecule has 0 bridgehead atoms. The van der Waals surface area contributed by atoms with Crippen LogP contribution < -0.4 is 0 Å². The van der Waals surface area contributed by atoms with Crippen molar-refractivity contribution in [1.29, 1.82) is 0 Å². The van der Waals surface area contributed by atoms with Crippen LogP contribution in [0.25, 0.3) is 10.2 Å². The zero-order chi connectivity index (χ0) is 17.3. The van der Waals surface area contributed by atoms with Gasteiger partial charge in [-0.05, 0) is 56.2 Å². The SMILES string of the molecule is Cc1ccc(C(=O)[C@H](C)OC(=O)c2ccc3ncsc3c2)cc1C. The highest BCUT2D eigenvalue weighted by Gasteiger charge is 2.21. The molecule has 3 aromatic rings. The van der Waals surface area contributed by atoms with Crippen molar-refractivity contribution < 1.29 is 14.3 Å². The van der Waals surface area contributed by atoms with E-state index in [9.17, 15) is 9.59 Å². The summed E-state index contributed by atoms with van der Waals surface area (Å²) in [5.74, 6) is -0.708. The number of esters is 1. The van der Waals surface area contributed by atoms with E-state index in [-0.39, 0.29) is 5.78 Å². The van der Waals surface area contributed by atoms with Gasteiger partial charge in [0.15, 0.2) is 6.10 Å². The van der Waals surface area contributed by atoms with Crippen molar-refractivity contribution in [3.8, 4) is 0 Å². The summed E-state index contributed by atoms with van der Waals surface area (Å²) in [5, 5.41) is 0. The Kier molecular flexibility index (Phi) is 4.44. The van der Waals surface area contributed by atoms with Crippen LogP contribution in [-0.2, 0) is 4.74 Å². The third kappa shape index (κ3) is 3.21. The Hall–Kier alpha value is -2.53. The van der Waals surface area contributed by atoms with Crippen molar-refractivity contribution in [3.05, 3.63) is 64.2 Å². The van der Waals surface area contributed by atoms with Crippen LogP contribution in [0.5, 0.6) is 0 Å². The summed E-state index contributed by atoms with van der Waals surface area (Å²) in [4.78, 5) is 28.9. The standard InChI is InChI=1S/C19H17NO3S/c1-11-4-5-14(8-12(11)2)18(21)13(3)23-19(22)15-6-7-16-17(9-15)24-10-20-16/h4-10,13H,1-3H3/t13-/m0/s1. The first-order valence-corrected chi connectivity index (χ1v) is 8.49. The van der Waals surface area contributed by atoms with Crippen LogP contribution in [-0.4, -0.2) is 22.8 Å². The van der Waals surface area contributed by atoms with Gasteiger partial charge in [0.2, 0.25) is 5.78 Å². The maximum Gasteiger partial charge on any atom is 0.338 e. The molecule has 0 aliphatic rings. The van der Waals surface area contributed by atoms with Crippen LogP contribution in [0.3, 0.4) is 0 Å². The second-order valence-corrected chi connectivity index (χ2v) is 6.63. The number of ether oxygens (including phenoxy) is 1. The number of rotatable bonds is 4. The van der Waals surface area contributed by atoms with E-state index >= 15 is 0 Å². The second-order valence-electron chi connectivity index (χ2n) is 5.75. The van der Waals surface area contributed by atoms with Crippen molar-refractivity contribution in [2.75, 3.05) is 0 Å². The first-order chi connectivity index (χ1) is 11.5. The van der Waals surface area contributed by atoms with Gasteiger partial charge in [0.25, 0.3) is 0 Å². The number of benzene rings is 2. The Morgan fingerprint density at radius 2 is 1.79 bits per heavy atom. The number of aryl methyl sites for hydroxylation is 2. The van der Waals surface area contributed by atoms with Crippen LogP contribution in [0, 0.1) is 13.8 Å². The van der Waals surface area contributed by atoms with Crippen LogP contribution in [0.15, 0.2) is 41.9 Å². The number of nitrogens with zero attached hydrogens (tertiary/aromatic N) is 1. The monoisotopic (exact) mass is 339 g/mol. The number of carbonyl (C=O) groups is 2. The quantitative estimate of drug-likeness (QED) is 0.524. The topological polar surface area (TPSA) is 56.3 Å². The number of fused-ring (bicyclic) bond motifs is 1. The number of carbonyl (C=O) groups excluding carboxylic acids is 2. The Morgan fingerprint density at radius 1 is 1.04 bits per heavy atom. The maximum absolute atomic E-state index is 12.5. The number of thiazole rings is 1. The fraction of sp³-hybridized carbons (Fsp3) is 0.211. The highest BCUT2D eigenvalue weighted by Crippen LogP contribution is 2.20. The van der Waals surface area contributed by atoms with E-state index in [0.29, 0.717) is 11.1 Å². The lowest BCUT2D eigenvalue weighted by Gasteiger charge is -2.13. The van der Waals surface area contributed by atoms with Crippen molar-refractivity contribution in [2.24, 2.45) is 0 Å². The minimum absolute atomic E-state index is 0.203. The molecule has 2 aromatic carbocycles. The summed E-state index contributed by atoms with van der Waals surface area (Å²) in [7, 11) is 0. The van der Waals surface area contributed by atoms with Crippen LogP contribution in [0.4, 0.5) is 0 Å². The molecule has 1 aromatic heterocycles. The molecule has 5 heteroatoms. The highest BCUT2D eigenvalue weighted by molar-refractivity contribution is 7.16.